The molecule has 146 valence electrons. The normalized spacial score (nSPS) is 10.5. The van der Waals surface area contributed by atoms with Gasteiger partial charge in [-0.15, -0.1) is 11.8 Å². The molecule has 1 heterocycles. The number of nitrogens with zero attached hydrogens (tertiary/aromatic N) is 2. The van der Waals surface area contributed by atoms with Crippen LogP contribution in [0.1, 0.15) is 11.5 Å². The number of ether oxygens (including phenoxy) is 2. The Morgan fingerprint density at radius 1 is 1.11 bits per heavy atom. The summed E-state index contributed by atoms with van der Waals surface area (Å²) in [5.74, 6) is 2.16. The van der Waals surface area contributed by atoms with Gasteiger partial charge in [0.15, 0.2) is 11.5 Å². The topological polar surface area (TPSA) is 86.5 Å². The maximum absolute atomic E-state index is 12.0. The molecular formula is C20H21N3O4S. The quantitative estimate of drug-likeness (QED) is 0.580. The van der Waals surface area contributed by atoms with Gasteiger partial charge in [0.1, 0.15) is 0 Å². The molecule has 8 heteroatoms. The van der Waals surface area contributed by atoms with Crippen molar-refractivity contribution in [1.29, 1.82) is 0 Å². The monoisotopic (exact) mass is 399 g/mol. The molecule has 2 aromatic carbocycles. The first-order chi connectivity index (χ1) is 13.6. The second-order valence-corrected chi connectivity index (χ2v) is 7.01. The minimum Gasteiger partial charge on any atom is -0.493 e. The van der Waals surface area contributed by atoms with Crippen molar-refractivity contribution in [3.63, 3.8) is 0 Å². The number of amides is 1. The van der Waals surface area contributed by atoms with Crippen molar-refractivity contribution >= 4 is 17.7 Å². The molecule has 1 N–H and O–H groups in total. The van der Waals surface area contributed by atoms with E-state index in [4.69, 9.17) is 14.0 Å². The van der Waals surface area contributed by atoms with Crippen LogP contribution in [0.2, 0.25) is 0 Å². The van der Waals surface area contributed by atoms with Crippen molar-refractivity contribution in [1.82, 2.24) is 15.5 Å². The molecule has 0 bridgehead atoms. The summed E-state index contributed by atoms with van der Waals surface area (Å²) in [6.45, 7) is 2.20. The van der Waals surface area contributed by atoms with Gasteiger partial charge in [-0.3, -0.25) is 4.79 Å². The third-order valence-electron chi connectivity index (χ3n) is 3.94. The summed E-state index contributed by atoms with van der Waals surface area (Å²) >= 11 is 1.48. The SMILES string of the molecule is COc1ccc(-c2noc(CNC(=O)CSc3ccc(C)cc3)n2)cc1OC. The van der Waals surface area contributed by atoms with Crippen molar-refractivity contribution in [2.45, 2.75) is 18.4 Å². The van der Waals surface area contributed by atoms with Crippen molar-refractivity contribution in [2.75, 3.05) is 20.0 Å². The van der Waals surface area contributed by atoms with Gasteiger partial charge in [0.2, 0.25) is 17.6 Å². The number of carbonyl (C=O) groups is 1. The lowest BCUT2D eigenvalue weighted by atomic mass is 10.2. The molecule has 0 fully saturated rings. The molecule has 0 aliphatic heterocycles. The molecule has 0 aliphatic rings. The fourth-order valence-corrected chi connectivity index (χ4v) is 3.16. The Balaban J connectivity index is 1.54. The van der Waals surface area contributed by atoms with Crippen LogP contribution < -0.4 is 14.8 Å². The average Bonchev–Trinajstić information content (AvgIpc) is 3.20. The summed E-state index contributed by atoms with van der Waals surface area (Å²) in [4.78, 5) is 17.4. The molecule has 0 radical (unpaired) electrons. The maximum Gasteiger partial charge on any atom is 0.246 e. The van der Waals surface area contributed by atoms with Crippen LogP contribution in [0.4, 0.5) is 0 Å². The standard InChI is InChI=1S/C20H21N3O4S/c1-13-4-7-15(8-5-13)28-12-18(24)21-11-19-22-20(23-27-19)14-6-9-16(25-2)17(10-14)26-3/h4-10H,11-12H2,1-3H3,(H,21,24). The molecule has 0 unspecified atom stereocenters. The van der Waals surface area contributed by atoms with Crippen LogP contribution in [0.15, 0.2) is 51.9 Å². The molecule has 0 saturated heterocycles. The third-order valence-corrected chi connectivity index (χ3v) is 4.95. The fraction of sp³-hybridized carbons (Fsp3) is 0.250. The Kier molecular flexibility index (Phi) is 6.54. The number of hydrogen-bond acceptors (Lipinski definition) is 7. The van der Waals surface area contributed by atoms with Gasteiger partial charge in [0, 0.05) is 10.5 Å². The van der Waals surface area contributed by atoms with E-state index in [0.29, 0.717) is 29.0 Å². The zero-order chi connectivity index (χ0) is 19.9. The third kappa shape index (κ3) is 5.04. The van der Waals surface area contributed by atoms with Gasteiger partial charge < -0.3 is 19.3 Å². The first kappa shape index (κ1) is 19.8. The van der Waals surface area contributed by atoms with Gasteiger partial charge >= 0.3 is 0 Å². The van der Waals surface area contributed by atoms with Crippen molar-refractivity contribution < 1.29 is 18.8 Å². The molecular weight excluding hydrogens is 378 g/mol. The zero-order valence-corrected chi connectivity index (χ0v) is 16.7. The number of aryl methyl sites for hydroxylation is 1. The van der Waals surface area contributed by atoms with Gasteiger partial charge in [-0.05, 0) is 37.3 Å². The summed E-state index contributed by atoms with van der Waals surface area (Å²) in [7, 11) is 3.14. The van der Waals surface area contributed by atoms with Crippen molar-refractivity contribution in [2.24, 2.45) is 0 Å². The molecule has 0 aliphatic carbocycles. The van der Waals surface area contributed by atoms with Crippen LogP contribution >= 0.6 is 11.8 Å². The molecule has 0 spiro atoms. The molecule has 3 rings (SSSR count). The van der Waals surface area contributed by atoms with Crippen LogP contribution in [-0.2, 0) is 11.3 Å². The smallest absolute Gasteiger partial charge is 0.246 e. The average molecular weight is 399 g/mol. The van der Waals surface area contributed by atoms with E-state index in [-0.39, 0.29) is 12.5 Å². The number of rotatable bonds is 8. The van der Waals surface area contributed by atoms with Crippen LogP contribution in [0.25, 0.3) is 11.4 Å². The molecule has 3 aromatic rings. The minimum absolute atomic E-state index is 0.101. The first-order valence-electron chi connectivity index (χ1n) is 8.60. The highest BCUT2D eigenvalue weighted by molar-refractivity contribution is 8.00. The van der Waals surface area contributed by atoms with E-state index in [1.54, 1.807) is 26.4 Å². The predicted molar refractivity (Wildman–Crippen MR) is 107 cm³/mol. The van der Waals surface area contributed by atoms with Crippen LogP contribution in [-0.4, -0.2) is 36.0 Å². The van der Waals surface area contributed by atoms with E-state index in [0.717, 1.165) is 10.5 Å². The highest BCUT2D eigenvalue weighted by atomic mass is 32.2. The number of thioether (sulfide) groups is 1. The van der Waals surface area contributed by atoms with E-state index >= 15 is 0 Å². The van der Waals surface area contributed by atoms with Crippen molar-refractivity contribution in [3.05, 3.63) is 53.9 Å². The summed E-state index contributed by atoms with van der Waals surface area (Å²) in [5.41, 5.74) is 1.92. The predicted octanol–water partition coefficient (Wildman–Crippen LogP) is 3.47. The molecule has 1 amide bonds. The summed E-state index contributed by atoms with van der Waals surface area (Å²) < 4.78 is 15.7. The van der Waals surface area contributed by atoms with E-state index in [1.807, 2.05) is 37.3 Å². The number of carbonyl (C=O) groups excluding carboxylic acids is 1. The molecule has 1 aromatic heterocycles. The van der Waals surface area contributed by atoms with Crippen LogP contribution in [0.3, 0.4) is 0 Å². The van der Waals surface area contributed by atoms with E-state index < -0.39 is 0 Å². The van der Waals surface area contributed by atoms with Crippen LogP contribution in [0.5, 0.6) is 11.5 Å². The second-order valence-electron chi connectivity index (χ2n) is 5.96. The molecule has 0 atom stereocenters. The number of nitrogens with one attached hydrogen (secondary N) is 1. The number of methoxy groups -OCH3 is 2. The second kappa shape index (κ2) is 9.27. The Hall–Kier alpha value is -3.00. The Labute approximate surface area is 167 Å². The Bertz CT molecular complexity index is 941. The fourth-order valence-electron chi connectivity index (χ4n) is 2.43. The summed E-state index contributed by atoms with van der Waals surface area (Å²) in [6.07, 6.45) is 0. The number of aromatic nitrogens is 2. The summed E-state index contributed by atoms with van der Waals surface area (Å²) in [6, 6.07) is 13.4. The zero-order valence-electron chi connectivity index (χ0n) is 15.9. The number of benzene rings is 2. The van der Waals surface area contributed by atoms with Crippen molar-refractivity contribution in [3.8, 4) is 22.9 Å². The summed E-state index contributed by atoms with van der Waals surface area (Å²) in [5, 5.41) is 6.74. The number of hydrogen-bond donors (Lipinski definition) is 1. The van der Waals surface area contributed by atoms with E-state index in [2.05, 4.69) is 15.5 Å². The van der Waals surface area contributed by atoms with Gasteiger partial charge in [-0.1, -0.05) is 22.9 Å². The lowest BCUT2D eigenvalue weighted by Crippen LogP contribution is -2.24. The molecule has 7 nitrogen and oxygen atoms in total. The van der Waals surface area contributed by atoms with Gasteiger partial charge in [0.25, 0.3) is 0 Å². The van der Waals surface area contributed by atoms with Gasteiger partial charge in [0.05, 0.1) is 26.5 Å². The largest absolute Gasteiger partial charge is 0.493 e. The Morgan fingerprint density at radius 3 is 2.57 bits per heavy atom. The van der Waals surface area contributed by atoms with Crippen LogP contribution in [0, 0.1) is 6.92 Å². The molecule has 28 heavy (non-hydrogen) atoms. The van der Waals surface area contributed by atoms with E-state index in [9.17, 15) is 4.79 Å². The van der Waals surface area contributed by atoms with Gasteiger partial charge in [-0.25, -0.2) is 0 Å². The molecule has 0 saturated carbocycles. The van der Waals surface area contributed by atoms with E-state index in [1.165, 1.54) is 17.3 Å². The Morgan fingerprint density at radius 2 is 1.86 bits per heavy atom. The highest BCUT2D eigenvalue weighted by Crippen LogP contribution is 2.31. The lowest BCUT2D eigenvalue weighted by molar-refractivity contribution is -0.118. The highest BCUT2D eigenvalue weighted by Gasteiger charge is 2.13. The van der Waals surface area contributed by atoms with Gasteiger partial charge in [-0.2, -0.15) is 4.98 Å². The lowest BCUT2D eigenvalue weighted by Gasteiger charge is -2.07. The minimum atomic E-state index is -0.101. The maximum atomic E-state index is 12.0. The first-order valence-corrected chi connectivity index (χ1v) is 9.58.